The minimum Gasteiger partial charge on any atom is -0.387 e. The van der Waals surface area contributed by atoms with E-state index in [1.807, 2.05) is 0 Å². The van der Waals surface area contributed by atoms with E-state index in [4.69, 9.17) is 0 Å². The average Bonchev–Trinajstić information content (AvgIpc) is 3.06. The molecule has 282 valence electrons. The van der Waals surface area contributed by atoms with E-state index in [9.17, 15) is 22.9 Å². The molecule has 0 bridgehead atoms. The number of nitrogens with one attached hydrogen (secondary N) is 1. The monoisotopic (exact) mass is 704 g/mol. The fraction of sp³-hybridized carbons (Fsp3) is 0.690. The third kappa shape index (κ3) is 36.9. The number of hydrogen-bond acceptors (Lipinski definition) is 4. The van der Waals surface area contributed by atoms with E-state index in [0.29, 0.717) is 12.8 Å². The van der Waals surface area contributed by atoms with Crippen LogP contribution in [0.1, 0.15) is 168 Å². The first-order chi connectivity index (χ1) is 23.8. The molecule has 3 N–H and O–H groups in total. The fourth-order valence-corrected chi connectivity index (χ4v) is 6.19. The first-order valence-electron chi connectivity index (χ1n) is 19.6. The lowest BCUT2D eigenvalue weighted by atomic mass is 10.1. The molecule has 0 heterocycles. The molecule has 7 heteroatoms. The predicted octanol–water partition coefficient (Wildman–Crippen LogP) is 11.5. The molecule has 0 aromatic carbocycles. The molecule has 0 aliphatic carbocycles. The lowest BCUT2D eigenvalue weighted by molar-refractivity contribution is -0.122. The number of unbranched alkanes of at least 4 members (excludes halogenated alkanes) is 16. The maximum Gasteiger partial charge on any atom is 0.267 e. The molecule has 2 unspecified atom stereocenters. The number of allylic oxidation sites excluding steroid dienone is 11. The topological polar surface area (TPSA) is 104 Å². The zero-order chi connectivity index (χ0) is 36.1. The molecule has 0 spiro atoms. The van der Waals surface area contributed by atoms with Gasteiger partial charge in [-0.05, 0) is 70.6 Å². The van der Waals surface area contributed by atoms with E-state index in [-0.39, 0.29) is 12.3 Å². The molecule has 0 aliphatic heterocycles. The Kier molecular flexibility index (Phi) is 34.0. The van der Waals surface area contributed by atoms with Crippen molar-refractivity contribution < 1.29 is 22.9 Å². The molecule has 0 saturated heterocycles. The van der Waals surface area contributed by atoms with Crippen molar-refractivity contribution in [1.82, 2.24) is 5.32 Å². The third-order valence-corrected chi connectivity index (χ3v) is 9.15. The van der Waals surface area contributed by atoms with Gasteiger partial charge in [-0.1, -0.05) is 164 Å². The number of amides is 1. The maximum atomic E-state index is 12.5. The van der Waals surface area contributed by atoms with Gasteiger partial charge < -0.3 is 10.4 Å². The molecule has 6 nitrogen and oxygen atoms in total. The Morgan fingerprint density at radius 2 is 1.00 bits per heavy atom. The van der Waals surface area contributed by atoms with Gasteiger partial charge >= 0.3 is 0 Å². The highest BCUT2D eigenvalue weighted by atomic mass is 32.2. The summed E-state index contributed by atoms with van der Waals surface area (Å²) in [6, 6.07) is -1.08. The maximum absolute atomic E-state index is 12.5. The van der Waals surface area contributed by atoms with Gasteiger partial charge in [0, 0.05) is 6.42 Å². The van der Waals surface area contributed by atoms with Gasteiger partial charge in [0.05, 0.1) is 17.9 Å². The Bertz CT molecular complexity index is 1040. The van der Waals surface area contributed by atoms with Crippen molar-refractivity contribution in [3.8, 4) is 0 Å². The van der Waals surface area contributed by atoms with Crippen molar-refractivity contribution >= 4 is 16.0 Å². The van der Waals surface area contributed by atoms with E-state index < -0.39 is 28.0 Å². The van der Waals surface area contributed by atoms with Gasteiger partial charge in [-0.2, -0.15) is 8.42 Å². The molecule has 0 rings (SSSR count). The first-order valence-corrected chi connectivity index (χ1v) is 21.2. The summed E-state index contributed by atoms with van der Waals surface area (Å²) in [5.74, 6) is -1.03. The van der Waals surface area contributed by atoms with Crippen LogP contribution in [0.25, 0.3) is 0 Å². The summed E-state index contributed by atoms with van der Waals surface area (Å²) >= 11 is 0. The Balaban J connectivity index is 4.04. The molecule has 0 saturated carbocycles. The Morgan fingerprint density at radius 1 is 0.571 bits per heavy atom. The smallest absolute Gasteiger partial charge is 0.267 e. The van der Waals surface area contributed by atoms with Crippen molar-refractivity contribution in [2.24, 2.45) is 0 Å². The van der Waals surface area contributed by atoms with Crippen LogP contribution in [-0.2, 0) is 14.9 Å². The number of hydrogen-bond donors (Lipinski definition) is 3. The van der Waals surface area contributed by atoms with Gasteiger partial charge in [0.1, 0.15) is 0 Å². The summed E-state index contributed by atoms with van der Waals surface area (Å²) in [6.07, 6.45) is 50.2. The van der Waals surface area contributed by atoms with E-state index in [1.54, 1.807) is 6.08 Å². The lowest BCUT2D eigenvalue weighted by Gasteiger charge is -2.21. The zero-order valence-corrected chi connectivity index (χ0v) is 32.1. The Morgan fingerprint density at radius 3 is 1.53 bits per heavy atom. The largest absolute Gasteiger partial charge is 0.387 e. The second kappa shape index (κ2) is 35.6. The van der Waals surface area contributed by atoms with Crippen molar-refractivity contribution in [3.05, 3.63) is 72.9 Å². The first kappa shape index (κ1) is 46.8. The zero-order valence-electron chi connectivity index (χ0n) is 31.3. The van der Waals surface area contributed by atoms with E-state index >= 15 is 0 Å². The lowest BCUT2D eigenvalue weighted by Crippen LogP contribution is -2.46. The Hall–Kier alpha value is -2.22. The highest BCUT2D eigenvalue weighted by Gasteiger charge is 2.24. The van der Waals surface area contributed by atoms with Crippen LogP contribution < -0.4 is 5.32 Å². The van der Waals surface area contributed by atoms with Crippen LogP contribution in [-0.4, -0.2) is 41.9 Å². The second-order valence-electron chi connectivity index (χ2n) is 13.2. The molecule has 0 fully saturated rings. The van der Waals surface area contributed by atoms with Gasteiger partial charge in [-0.3, -0.25) is 9.35 Å². The minimum atomic E-state index is -4.36. The molecular weight excluding hydrogens is 631 g/mol. The van der Waals surface area contributed by atoms with Crippen LogP contribution in [0.5, 0.6) is 0 Å². The van der Waals surface area contributed by atoms with Crippen LogP contribution in [0.4, 0.5) is 0 Å². The van der Waals surface area contributed by atoms with Crippen LogP contribution in [0.15, 0.2) is 72.9 Å². The summed E-state index contributed by atoms with van der Waals surface area (Å²) in [6.45, 7) is 4.39. The second-order valence-corrected chi connectivity index (χ2v) is 14.7. The summed E-state index contributed by atoms with van der Waals surface area (Å²) in [4.78, 5) is 12.5. The molecule has 0 aromatic heterocycles. The van der Waals surface area contributed by atoms with Crippen molar-refractivity contribution in [1.29, 1.82) is 0 Å². The number of rotatable bonds is 34. The molecule has 2 atom stereocenters. The van der Waals surface area contributed by atoms with Gasteiger partial charge in [0.2, 0.25) is 5.91 Å². The average molecular weight is 704 g/mol. The molecule has 49 heavy (non-hydrogen) atoms. The van der Waals surface area contributed by atoms with Gasteiger partial charge in [-0.25, -0.2) is 0 Å². The summed E-state index contributed by atoms with van der Waals surface area (Å²) < 4.78 is 32.4. The van der Waals surface area contributed by atoms with Crippen LogP contribution in [0.3, 0.4) is 0 Å². The third-order valence-electron chi connectivity index (χ3n) is 8.37. The summed E-state index contributed by atoms with van der Waals surface area (Å²) in [5, 5.41) is 13.2. The highest BCUT2D eigenvalue weighted by Crippen LogP contribution is 2.12. The van der Waals surface area contributed by atoms with Crippen molar-refractivity contribution in [2.45, 2.75) is 180 Å². The number of carbonyl (C=O) groups excluding carboxylic acids is 1. The van der Waals surface area contributed by atoms with E-state index in [1.165, 1.54) is 63.9 Å². The Labute approximate surface area is 302 Å². The fourth-order valence-electron chi connectivity index (χ4n) is 5.45. The number of aliphatic hydroxyl groups excluding tert-OH is 1. The van der Waals surface area contributed by atoms with Gasteiger partial charge in [0.25, 0.3) is 10.1 Å². The molecule has 1 amide bonds. The van der Waals surface area contributed by atoms with Crippen LogP contribution >= 0.6 is 0 Å². The van der Waals surface area contributed by atoms with Crippen LogP contribution in [0, 0.1) is 0 Å². The van der Waals surface area contributed by atoms with Crippen molar-refractivity contribution in [2.75, 3.05) is 5.75 Å². The SMILES string of the molecule is CC/C=C\C/C=C\C/C=C\C/C=C\CCCCCCCCC(=O)NC(CS(=O)(=O)O)C(O)/C=C/CC/C=C/CCCCCCCCCCC. The highest BCUT2D eigenvalue weighted by molar-refractivity contribution is 7.85. The van der Waals surface area contributed by atoms with E-state index in [2.05, 4.69) is 79.9 Å². The number of aliphatic hydroxyl groups is 1. The van der Waals surface area contributed by atoms with Gasteiger partial charge in [0.15, 0.2) is 0 Å². The van der Waals surface area contributed by atoms with Crippen molar-refractivity contribution in [3.63, 3.8) is 0 Å². The summed E-state index contributed by atoms with van der Waals surface area (Å²) in [7, 11) is -4.36. The standard InChI is InChI=1S/C42H73NO5S/c1-3-5-7-9-11-13-15-17-19-20-21-22-24-26-28-30-32-34-36-38-42(45)43-40(39-49(46,47)48)41(44)37-35-33-31-29-27-25-23-18-16-14-12-10-8-6-4-2/h5,7,11,13,17,19,21-22,27,29,35,37,40-41,44H,3-4,6,8-10,12,14-16,18,20,23-26,28,30-34,36,38-39H2,1-2H3,(H,43,45)(H,46,47,48)/b7-5-,13-11-,19-17-,22-21-,29-27+,37-35+. The molecule has 0 aromatic rings. The molecular formula is C42H73NO5S. The minimum absolute atomic E-state index is 0.268. The van der Waals surface area contributed by atoms with Gasteiger partial charge in [-0.15, -0.1) is 0 Å². The van der Waals surface area contributed by atoms with Crippen LogP contribution in [0.2, 0.25) is 0 Å². The summed E-state index contributed by atoms with van der Waals surface area (Å²) in [5.41, 5.74) is 0. The molecule has 0 radical (unpaired) electrons. The quantitative estimate of drug-likeness (QED) is 0.0351. The van der Waals surface area contributed by atoms with E-state index in [0.717, 1.165) is 77.0 Å². The normalized spacial score (nSPS) is 14.1. The number of carbonyl (C=O) groups is 1. The molecule has 0 aliphatic rings. The predicted molar refractivity (Wildman–Crippen MR) is 211 cm³/mol.